The van der Waals surface area contributed by atoms with Gasteiger partial charge >= 0.3 is 11.7 Å². The van der Waals surface area contributed by atoms with Crippen LogP contribution in [0, 0.1) is 5.92 Å². The number of likely N-dealkylation sites (tertiary alicyclic amines) is 2. The summed E-state index contributed by atoms with van der Waals surface area (Å²) in [6.45, 7) is 2.63. The van der Waals surface area contributed by atoms with Gasteiger partial charge < -0.3 is 24.2 Å². The molecule has 0 radical (unpaired) electrons. The van der Waals surface area contributed by atoms with Crippen LogP contribution >= 0.6 is 27.5 Å². The Balaban J connectivity index is 1.65. The van der Waals surface area contributed by atoms with Crippen molar-refractivity contribution in [2.75, 3.05) is 33.3 Å². The summed E-state index contributed by atoms with van der Waals surface area (Å²) >= 11 is 9.66. The van der Waals surface area contributed by atoms with Crippen molar-refractivity contribution in [3.63, 3.8) is 0 Å². The molecule has 29 heavy (non-hydrogen) atoms. The molecule has 1 atom stereocenters. The zero-order valence-electron chi connectivity index (χ0n) is 16.0. The summed E-state index contributed by atoms with van der Waals surface area (Å²) in [5.41, 5.74) is 0.901. The molecule has 0 bridgehead atoms. The van der Waals surface area contributed by atoms with Crippen LogP contribution in [0.25, 0.3) is 11.0 Å². The third-order valence-electron chi connectivity index (χ3n) is 5.71. The van der Waals surface area contributed by atoms with E-state index in [1.807, 2.05) is 0 Å². The molecule has 2 aliphatic heterocycles. The van der Waals surface area contributed by atoms with E-state index in [-0.39, 0.29) is 23.4 Å². The Morgan fingerprint density at radius 1 is 1.41 bits per heavy atom. The average Bonchev–Trinajstić information content (AvgIpc) is 3.04. The summed E-state index contributed by atoms with van der Waals surface area (Å²) in [5.74, 6) is 0.132. The molecule has 10 heteroatoms. The van der Waals surface area contributed by atoms with Crippen LogP contribution in [0.3, 0.4) is 0 Å². The topological polar surface area (TPSA) is 87.9 Å². The molecule has 4 rings (SSSR count). The number of halogens is 2. The molecule has 156 valence electrons. The highest BCUT2D eigenvalue weighted by atomic mass is 79.9. The van der Waals surface area contributed by atoms with Gasteiger partial charge in [0, 0.05) is 36.1 Å². The summed E-state index contributed by atoms with van der Waals surface area (Å²) in [6, 6.07) is 3.75. The quantitative estimate of drug-likeness (QED) is 0.701. The molecule has 1 amide bonds. The number of aromatic nitrogens is 2. The van der Waals surface area contributed by atoms with E-state index in [2.05, 4.69) is 32.9 Å². The zero-order chi connectivity index (χ0) is 20.7. The van der Waals surface area contributed by atoms with Gasteiger partial charge in [0.25, 0.3) is 5.88 Å². The third-order valence-corrected chi connectivity index (χ3v) is 6.91. The number of ether oxygens (including phenoxy) is 1. The van der Waals surface area contributed by atoms with Crippen LogP contribution in [0.4, 0.5) is 4.79 Å². The van der Waals surface area contributed by atoms with Crippen molar-refractivity contribution >= 4 is 44.7 Å². The van der Waals surface area contributed by atoms with Gasteiger partial charge in [-0.3, -0.25) is 4.79 Å². The number of benzene rings is 1. The highest BCUT2D eigenvalue weighted by Gasteiger charge is 2.32. The fourth-order valence-electron chi connectivity index (χ4n) is 3.95. The number of nitrogens with zero attached hydrogens (tertiary/aromatic N) is 4. The molecular weight excluding hydrogens is 464 g/mol. The highest BCUT2D eigenvalue weighted by molar-refractivity contribution is 9.10. The summed E-state index contributed by atoms with van der Waals surface area (Å²) < 4.78 is 8.16. The van der Waals surface area contributed by atoms with E-state index in [4.69, 9.17) is 21.4 Å². The smallest absolute Gasteiger partial charge is 0.407 e. The van der Waals surface area contributed by atoms with Crippen LogP contribution in [0.1, 0.15) is 12.8 Å². The largest absolute Gasteiger partial charge is 0.472 e. The lowest BCUT2D eigenvalue weighted by Crippen LogP contribution is -2.51. The summed E-state index contributed by atoms with van der Waals surface area (Å²) in [4.78, 5) is 32.2. The van der Waals surface area contributed by atoms with E-state index in [0.29, 0.717) is 46.8 Å². The number of carboxylic acid groups (broad SMARTS) is 1. The normalized spacial score (nSPS) is 20.2. The number of rotatable bonds is 5. The maximum atomic E-state index is 13.1. The van der Waals surface area contributed by atoms with Crippen molar-refractivity contribution in [2.45, 2.75) is 25.4 Å². The van der Waals surface area contributed by atoms with Gasteiger partial charge in [-0.05, 0) is 54.5 Å². The standard InChI is InChI=1S/C19H22BrClN4O4/c1-23-4-2-3-12(23)10-29-17-18(26)25(9-11-7-24(8-11)19(27)28)16-6-14(21)13(20)5-15(16)22-17/h5-6,11-12H,2-4,7-10H2,1H3,(H,27,28)/t12-/m0/s1. The number of carbonyl (C=O) groups is 1. The summed E-state index contributed by atoms with van der Waals surface area (Å²) in [7, 11) is 2.05. The van der Waals surface area contributed by atoms with Crippen LogP contribution in [0.5, 0.6) is 5.88 Å². The number of hydrogen-bond acceptors (Lipinski definition) is 5. The van der Waals surface area contributed by atoms with Crippen molar-refractivity contribution in [1.29, 1.82) is 0 Å². The molecule has 2 aliphatic rings. The summed E-state index contributed by atoms with van der Waals surface area (Å²) in [6.07, 6.45) is 1.21. The van der Waals surface area contributed by atoms with E-state index in [1.165, 1.54) is 4.90 Å². The third kappa shape index (κ3) is 4.08. The molecule has 0 unspecified atom stereocenters. The monoisotopic (exact) mass is 484 g/mol. The van der Waals surface area contributed by atoms with Crippen molar-refractivity contribution < 1.29 is 14.6 Å². The van der Waals surface area contributed by atoms with E-state index in [9.17, 15) is 9.59 Å². The Labute approximate surface area is 181 Å². The first-order chi connectivity index (χ1) is 13.8. The average molecular weight is 486 g/mol. The molecule has 2 aromatic rings. The van der Waals surface area contributed by atoms with Crippen LogP contribution in [0.2, 0.25) is 5.02 Å². The Bertz CT molecular complexity index is 1010. The van der Waals surface area contributed by atoms with Gasteiger partial charge in [0.15, 0.2) is 0 Å². The minimum absolute atomic E-state index is 0.0608. The lowest BCUT2D eigenvalue weighted by atomic mass is 10.0. The fourth-order valence-corrected chi connectivity index (χ4v) is 4.44. The van der Waals surface area contributed by atoms with E-state index in [1.54, 1.807) is 16.7 Å². The molecule has 1 aromatic heterocycles. The van der Waals surface area contributed by atoms with E-state index >= 15 is 0 Å². The number of hydrogen-bond donors (Lipinski definition) is 1. The molecule has 1 aromatic carbocycles. The summed E-state index contributed by atoms with van der Waals surface area (Å²) in [5, 5.41) is 9.53. The van der Waals surface area contributed by atoms with E-state index in [0.717, 1.165) is 19.4 Å². The van der Waals surface area contributed by atoms with Crippen LogP contribution in [0.15, 0.2) is 21.4 Å². The van der Waals surface area contributed by atoms with Gasteiger partial charge in [-0.15, -0.1) is 0 Å². The van der Waals surface area contributed by atoms with Crippen LogP contribution in [-0.4, -0.2) is 69.9 Å². The Kier molecular flexibility index (Phi) is 5.72. The van der Waals surface area contributed by atoms with Crippen molar-refractivity contribution in [1.82, 2.24) is 19.4 Å². The SMILES string of the molecule is CN1CCC[C@H]1COc1nc2cc(Br)c(Cl)cc2n(CC2CN(C(=O)O)C2)c1=O. The molecule has 8 nitrogen and oxygen atoms in total. The first-order valence-corrected chi connectivity index (χ1v) is 10.7. The van der Waals surface area contributed by atoms with Crippen molar-refractivity contribution in [3.8, 4) is 5.88 Å². The first kappa shape index (κ1) is 20.4. The minimum Gasteiger partial charge on any atom is -0.472 e. The van der Waals surface area contributed by atoms with Crippen LogP contribution < -0.4 is 10.3 Å². The van der Waals surface area contributed by atoms with Crippen molar-refractivity contribution in [2.24, 2.45) is 5.92 Å². The molecule has 2 fully saturated rings. The fraction of sp³-hybridized carbons (Fsp3) is 0.526. The molecule has 3 heterocycles. The van der Waals surface area contributed by atoms with Gasteiger partial charge in [-0.2, -0.15) is 0 Å². The molecule has 2 saturated heterocycles. The second-order valence-corrected chi connectivity index (χ2v) is 8.99. The molecule has 1 N–H and O–H groups in total. The lowest BCUT2D eigenvalue weighted by molar-refractivity contribution is 0.0746. The first-order valence-electron chi connectivity index (χ1n) is 9.54. The van der Waals surface area contributed by atoms with Gasteiger partial charge in [0.05, 0.1) is 16.1 Å². The molecule has 0 saturated carbocycles. The lowest BCUT2D eigenvalue weighted by Gasteiger charge is -2.37. The predicted octanol–water partition coefficient (Wildman–Crippen LogP) is 2.90. The van der Waals surface area contributed by atoms with E-state index < -0.39 is 6.09 Å². The Hall–Kier alpha value is -1.84. The number of amides is 1. The Morgan fingerprint density at radius 3 is 2.83 bits per heavy atom. The maximum absolute atomic E-state index is 13.1. The van der Waals surface area contributed by atoms with Crippen LogP contribution in [-0.2, 0) is 6.54 Å². The minimum atomic E-state index is -0.940. The second-order valence-electron chi connectivity index (χ2n) is 7.73. The molecule has 0 spiro atoms. The Morgan fingerprint density at radius 2 is 2.17 bits per heavy atom. The highest BCUT2D eigenvalue weighted by Crippen LogP contribution is 2.29. The number of likely N-dealkylation sites (N-methyl/N-ethyl adjacent to an activating group) is 1. The number of fused-ring (bicyclic) bond motifs is 1. The van der Waals surface area contributed by atoms with Gasteiger partial charge in [-0.1, -0.05) is 11.6 Å². The zero-order valence-corrected chi connectivity index (χ0v) is 18.3. The second kappa shape index (κ2) is 8.12. The van der Waals surface area contributed by atoms with Gasteiger partial charge in [-0.25, -0.2) is 9.78 Å². The van der Waals surface area contributed by atoms with Crippen molar-refractivity contribution in [3.05, 3.63) is 32.0 Å². The molecular formula is C19H22BrClN4O4. The van der Waals surface area contributed by atoms with Gasteiger partial charge in [0.1, 0.15) is 6.61 Å². The van der Waals surface area contributed by atoms with Gasteiger partial charge in [0.2, 0.25) is 0 Å². The molecule has 0 aliphatic carbocycles. The predicted molar refractivity (Wildman–Crippen MR) is 113 cm³/mol. The maximum Gasteiger partial charge on any atom is 0.407 e.